The number of imide groups is 1. The fraction of sp³-hybridized carbons (Fsp3) is 0.0588. The van der Waals surface area contributed by atoms with Gasteiger partial charge in [-0.2, -0.15) is 0 Å². The van der Waals surface area contributed by atoms with E-state index < -0.39 is 0 Å². The van der Waals surface area contributed by atoms with Crippen molar-refractivity contribution in [3.05, 3.63) is 78.4 Å². The van der Waals surface area contributed by atoms with Gasteiger partial charge in [0.2, 0.25) is 0 Å². The third kappa shape index (κ3) is 3.01. The van der Waals surface area contributed by atoms with Gasteiger partial charge in [0.1, 0.15) is 0 Å². The molecule has 0 saturated carbocycles. The van der Waals surface area contributed by atoms with E-state index in [0.29, 0.717) is 11.3 Å². The Kier molecular flexibility index (Phi) is 4.45. The summed E-state index contributed by atoms with van der Waals surface area (Å²) in [5.74, 6) is -0.688. The molecular weight excluding hydrogens is 250 g/mol. The van der Waals surface area contributed by atoms with Crippen LogP contribution in [0.25, 0.3) is 0 Å². The van der Waals surface area contributed by atoms with Crippen LogP contribution in [0.5, 0.6) is 0 Å². The third-order valence-corrected chi connectivity index (χ3v) is 2.77. The highest BCUT2D eigenvalue weighted by molar-refractivity contribution is 6.23. The Morgan fingerprint density at radius 2 is 1.45 bits per heavy atom. The number of para-hydroxylation sites is 1. The second-order valence-electron chi connectivity index (χ2n) is 4.18. The molecule has 0 radical (unpaired) electrons. The van der Waals surface area contributed by atoms with E-state index in [1.807, 2.05) is 12.1 Å². The zero-order valence-corrected chi connectivity index (χ0v) is 11.2. The molecule has 0 unspecified atom stereocenters. The third-order valence-electron chi connectivity index (χ3n) is 2.77. The van der Waals surface area contributed by atoms with Crippen molar-refractivity contribution in [3.63, 3.8) is 0 Å². The zero-order chi connectivity index (χ0) is 14.4. The molecule has 0 aliphatic rings. The van der Waals surface area contributed by atoms with Crippen molar-refractivity contribution in [3.8, 4) is 0 Å². The maximum Gasteiger partial charge on any atom is 0.265 e. The van der Waals surface area contributed by atoms with E-state index in [1.165, 1.54) is 11.0 Å². The van der Waals surface area contributed by atoms with E-state index in [-0.39, 0.29) is 11.8 Å². The second kappa shape index (κ2) is 6.48. The Morgan fingerprint density at radius 3 is 2.00 bits per heavy atom. The lowest BCUT2D eigenvalue weighted by Gasteiger charge is -2.19. The first-order chi connectivity index (χ1) is 9.74. The van der Waals surface area contributed by atoms with Crippen molar-refractivity contribution in [2.24, 2.45) is 0 Å². The van der Waals surface area contributed by atoms with Crippen molar-refractivity contribution in [1.82, 2.24) is 0 Å². The average Bonchev–Trinajstić information content (AvgIpc) is 2.50. The summed E-state index contributed by atoms with van der Waals surface area (Å²) in [6.07, 6.45) is 3.00. The predicted molar refractivity (Wildman–Crippen MR) is 79.5 cm³/mol. The van der Waals surface area contributed by atoms with Gasteiger partial charge in [-0.15, -0.1) is 0 Å². The normalized spacial score (nSPS) is 10.4. The molecule has 0 aliphatic heterocycles. The summed E-state index contributed by atoms with van der Waals surface area (Å²) in [6, 6.07) is 17.7. The van der Waals surface area contributed by atoms with Gasteiger partial charge in [-0.25, -0.2) is 4.90 Å². The smallest absolute Gasteiger partial charge is 0.265 e. The SMILES string of the molecule is C/C=C/C(=O)N(C(=O)c1ccccc1)c1ccccc1. The molecule has 2 amide bonds. The average molecular weight is 265 g/mol. The number of anilines is 1. The lowest BCUT2D eigenvalue weighted by atomic mass is 10.1. The molecule has 0 bridgehead atoms. The highest BCUT2D eigenvalue weighted by Gasteiger charge is 2.22. The molecule has 3 heteroatoms. The van der Waals surface area contributed by atoms with Crippen LogP contribution < -0.4 is 4.90 Å². The van der Waals surface area contributed by atoms with Crippen LogP contribution in [0.1, 0.15) is 17.3 Å². The molecular formula is C17H15NO2. The van der Waals surface area contributed by atoms with Gasteiger partial charge in [-0.05, 0) is 37.3 Å². The number of nitrogens with zero attached hydrogens (tertiary/aromatic N) is 1. The van der Waals surface area contributed by atoms with Gasteiger partial charge >= 0.3 is 0 Å². The van der Waals surface area contributed by atoms with Gasteiger partial charge in [0.15, 0.2) is 0 Å². The van der Waals surface area contributed by atoms with Gasteiger partial charge in [0.05, 0.1) is 5.69 Å². The Bertz CT molecular complexity index is 618. The molecule has 2 aromatic carbocycles. The molecule has 0 N–H and O–H groups in total. The van der Waals surface area contributed by atoms with Crippen molar-refractivity contribution < 1.29 is 9.59 Å². The van der Waals surface area contributed by atoms with Crippen LogP contribution in [0.2, 0.25) is 0 Å². The molecule has 3 nitrogen and oxygen atoms in total. The summed E-state index contributed by atoms with van der Waals surface area (Å²) in [6.45, 7) is 1.74. The molecule has 100 valence electrons. The summed E-state index contributed by atoms with van der Waals surface area (Å²) in [7, 11) is 0. The van der Waals surface area contributed by atoms with Crippen LogP contribution in [-0.2, 0) is 4.79 Å². The zero-order valence-electron chi connectivity index (χ0n) is 11.2. The molecule has 20 heavy (non-hydrogen) atoms. The van der Waals surface area contributed by atoms with Gasteiger partial charge in [0, 0.05) is 5.56 Å². The van der Waals surface area contributed by atoms with Crippen LogP contribution in [0.4, 0.5) is 5.69 Å². The fourth-order valence-electron chi connectivity index (χ4n) is 1.85. The molecule has 0 aliphatic carbocycles. The molecule has 0 heterocycles. The maximum atomic E-state index is 12.5. The van der Waals surface area contributed by atoms with Crippen molar-refractivity contribution >= 4 is 17.5 Å². The Morgan fingerprint density at radius 1 is 0.900 bits per heavy atom. The van der Waals surface area contributed by atoms with Gasteiger partial charge in [0.25, 0.3) is 11.8 Å². The van der Waals surface area contributed by atoms with Crippen LogP contribution in [0.15, 0.2) is 72.8 Å². The van der Waals surface area contributed by atoms with Gasteiger partial charge in [-0.3, -0.25) is 9.59 Å². The number of hydrogen-bond acceptors (Lipinski definition) is 2. The number of allylic oxidation sites excluding steroid dienone is 1. The number of carbonyl (C=O) groups is 2. The van der Waals surface area contributed by atoms with Crippen LogP contribution in [0, 0.1) is 0 Å². The minimum atomic E-state index is -0.354. The number of amides is 2. The van der Waals surface area contributed by atoms with E-state index in [9.17, 15) is 9.59 Å². The molecule has 0 saturated heterocycles. The fourth-order valence-corrected chi connectivity index (χ4v) is 1.85. The van der Waals surface area contributed by atoms with E-state index in [0.717, 1.165) is 0 Å². The minimum Gasteiger partial charge on any atom is -0.269 e. The van der Waals surface area contributed by atoms with Crippen LogP contribution in [0.3, 0.4) is 0 Å². The van der Waals surface area contributed by atoms with E-state index in [1.54, 1.807) is 61.5 Å². The molecule has 0 spiro atoms. The first-order valence-corrected chi connectivity index (χ1v) is 6.35. The molecule has 0 aromatic heterocycles. The van der Waals surface area contributed by atoms with E-state index >= 15 is 0 Å². The quantitative estimate of drug-likeness (QED) is 0.797. The largest absolute Gasteiger partial charge is 0.269 e. The van der Waals surface area contributed by atoms with Crippen LogP contribution in [-0.4, -0.2) is 11.8 Å². The maximum absolute atomic E-state index is 12.5. The number of rotatable bonds is 3. The first-order valence-electron chi connectivity index (χ1n) is 6.35. The van der Waals surface area contributed by atoms with E-state index in [4.69, 9.17) is 0 Å². The summed E-state index contributed by atoms with van der Waals surface area (Å²) in [4.78, 5) is 25.9. The summed E-state index contributed by atoms with van der Waals surface area (Å²) < 4.78 is 0. The lowest BCUT2D eigenvalue weighted by Crippen LogP contribution is -2.35. The molecule has 2 rings (SSSR count). The molecule has 2 aromatic rings. The molecule has 0 fully saturated rings. The summed E-state index contributed by atoms with van der Waals surface area (Å²) in [5.41, 5.74) is 1.04. The Balaban J connectivity index is 2.42. The predicted octanol–water partition coefficient (Wildman–Crippen LogP) is 3.44. The van der Waals surface area contributed by atoms with Crippen LogP contribution >= 0.6 is 0 Å². The highest BCUT2D eigenvalue weighted by Crippen LogP contribution is 2.17. The Labute approximate surface area is 118 Å². The van der Waals surface area contributed by atoms with Crippen molar-refractivity contribution in [1.29, 1.82) is 0 Å². The molecule has 0 atom stereocenters. The van der Waals surface area contributed by atoms with Crippen molar-refractivity contribution in [2.75, 3.05) is 4.90 Å². The number of hydrogen-bond donors (Lipinski definition) is 0. The van der Waals surface area contributed by atoms with Crippen molar-refractivity contribution in [2.45, 2.75) is 6.92 Å². The lowest BCUT2D eigenvalue weighted by molar-refractivity contribution is -0.113. The standard InChI is InChI=1S/C17H15NO2/c1-2-9-16(19)18(15-12-7-4-8-13-15)17(20)14-10-5-3-6-11-14/h2-13H,1H3/b9-2+. The van der Waals surface area contributed by atoms with Gasteiger partial charge in [-0.1, -0.05) is 42.5 Å². The number of carbonyl (C=O) groups excluding carboxylic acids is 2. The Hall–Kier alpha value is -2.68. The minimum absolute atomic E-state index is 0.333. The topological polar surface area (TPSA) is 37.4 Å². The van der Waals surface area contributed by atoms with Gasteiger partial charge < -0.3 is 0 Å². The second-order valence-corrected chi connectivity index (χ2v) is 4.18. The first kappa shape index (κ1) is 13.7. The van der Waals surface area contributed by atoms with E-state index in [2.05, 4.69) is 0 Å². The summed E-state index contributed by atoms with van der Waals surface area (Å²) in [5, 5.41) is 0. The monoisotopic (exact) mass is 265 g/mol. The highest BCUT2D eigenvalue weighted by atomic mass is 16.2. The summed E-state index contributed by atoms with van der Waals surface area (Å²) >= 11 is 0. The number of benzene rings is 2.